The third kappa shape index (κ3) is 4.98. The van der Waals surface area contributed by atoms with Crippen LogP contribution in [0.25, 0.3) is 10.9 Å². The van der Waals surface area contributed by atoms with Crippen molar-refractivity contribution in [2.45, 2.75) is 38.6 Å². The van der Waals surface area contributed by atoms with Crippen molar-refractivity contribution in [1.29, 1.82) is 0 Å². The SMILES string of the molecule is COc1ccc2cc(C3CC(c4cccc(C)c4)=NN3C(=O)CCCC(=O)O)c(Cl)nc2c1. The molecule has 0 saturated heterocycles. The monoisotopic (exact) mass is 465 g/mol. The minimum atomic E-state index is -0.929. The summed E-state index contributed by atoms with van der Waals surface area (Å²) < 4.78 is 5.27. The number of hydrogen-bond acceptors (Lipinski definition) is 5. The van der Waals surface area contributed by atoms with E-state index in [2.05, 4.69) is 10.1 Å². The van der Waals surface area contributed by atoms with Crippen LogP contribution in [0.15, 0.2) is 53.6 Å². The van der Waals surface area contributed by atoms with E-state index in [9.17, 15) is 9.59 Å². The third-order valence-corrected chi connectivity index (χ3v) is 5.97. The molecule has 2 heterocycles. The molecule has 1 atom stereocenters. The minimum Gasteiger partial charge on any atom is -0.497 e. The first-order valence-corrected chi connectivity index (χ1v) is 11.1. The van der Waals surface area contributed by atoms with Crippen LogP contribution < -0.4 is 4.74 Å². The van der Waals surface area contributed by atoms with Crippen LogP contribution in [0.3, 0.4) is 0 Å². The van der Waals surface area contributed by atoms with E-state index < -0.39 is 12.0 Å². The van der Waals surface area contributed by atoms with Crippen LogP contribution in [0, 0.1) is 6.92 Å². The average molecular weight is 466 g/mol. The normalized spacial score (nSPS) is 15.5. The Labute approximate surface area is 196 Å². The van der Waals surface area contributed by atoms with E-state index in [0.29, 0.717) is 28.4 Å². The van der Waals surface area contributed by atoms with E-state index in [1.807, 2.05) is 55.5 Å². The largest absolute Gasteiger partial charge is 0.497 e. The lowest BCUT2D eigenvalue weighted by Gasteiger charge is -2.23. The summed E-state index contributed by atoms with van der Waals surface area (Å²) in [5.74, 6) is -0.489. The second kappa shape index (κ2) is 9.58. The zero-order chi connectivity index (χ0) is 23.5. The maximum Gasteiger partial charge on any atom is 0.303 e. The number of methoxy groups -OCH3 is 1. The first-order chi connectivity index (χ1) is 15.9. The summed E-state index contributed by atoms with van der Waals surface area (Å²) in [6.07, 6.45) is 0.745. The molecule has 1 N–H and O–H groups in total. The summed E-state index contributed by atoms with van der Waals surface area (Å²) in [4.78, 5) is 28.5. The van der Waals surface area contributed by atoms with E-state index in [-0.39, 0.29) is 25.2 Å². The first-order valence-electron chi connectivity index (χ1n) is 10.7. The Hall–Kier alpha value is -3.45. The van der Waals surface area contributed by atoms with Crippen LogP contribution in [-0.4, -0.2) is 39.8 Å². The maximum absolute atomic E-state index is 13.1. The molecule has 0 bridgehead atoms. The topological polar surface area (TPSA) is 92.1 Å². The van der Waals surface area contributed by atoms with Gasteiger partial charge in [0.05, 0.1) is 24.4 Å². The molecule has 1 unspecified atom stereocenters. The number of carbonyl (C=O) groups is 2. The van der Waals surface area contributed by atoms with Crippen molar-refractivity contribution in [1.82, 2.24) is 9.99 Å². The van der Waals surface area contributed by atoms with Crippen LogP contribution in [-0.2, 0) is 9.59 Å². The van der Waals surface area contributed by atoms with Crippen molar-refractivity contribution >= 4 is 40.1 Å². The maximum atomic E-state index is 13.1. The zero-order valence-electron chi connectivity index (χ0n) is 18.4. The number of halogens is 1. The predicted octanol–water partition coefficient (Wildman–Crippen LogP) is 5.14. The number of carboxylic acid groups (broad SMARTS) is 1. The molecule has 0 radical (unpaired) electrons. The van der Waals surface area contributed by atoms with Crippen LogP contribution in [0.1, 0.15) is 48.4 Å². The number of amides is 1. The molecule has 33 heavy (non-hydrogen) atoms. The summed E-state index contributed by atoms with van der Waals surface area (Å²) >= 11 is 6.60. The summed E-state index contributed by atoms with van der Waals surface area (Å²) in [7, 11) is 1.59. The van der Waals surface area contributed by atoms with Crippen molar-refractivity contribution in [3.05, 3.63) is 70.4 Å². The molecule has 0 spiro atoms. The van der Waals surface area contributed by atoms with Crippen molar-refractivity contribution in [2.24, 2.45) is 5.10 Å². The molecule has 1 aromatic heterocycles. The Kier molecular flexibility index (Phi) is 6.60. The van der Waals surface area contributed by atoms with Gasteiger partial charge in [0.1, 0.15) is 10.9 Å². The Morgan fingerprint density at radius 1 is 1.18 bits per heavy atom. The lowest BCUT2D eigenvalue weighted by molar-refractivity contribution is -0.137. The quantitative estimate of drug-likeness (QED) is 0.488. The molecule has 170 valence electrons. The predicted molar refractivity (Wildman–Crippen MR) is 127 cm³/mol. The lowest BCUT2D eigenvalue weighted by atomic mass is 9.97. The zero-order valence-corrected chi connectivity index (χ0v) is 19.2. The molecule has 8 heteroatoms. The lowest BCUT2D eigenvalue weighted by Crippen LogP contribution is -2.27. The number of carboxylic acids is 1. The van der Waals surface area contributed by atoms with Gasteiger partial charge in [-0.25, -0.2) is 9.99 Å². The fourth-order valence-electron chi connectivity index (χ4n) is 3.99. The highest BCUT2D eigenvalue weighted by atomic mass is 35.5. The number of fused-ring (bicyclic) bond motifs is 1. The molecule has 0 saturated carbocycles. The number of aliphatic carboxylic acids is 1. The number of hydrogen-bond donors (Lipinski definition) is 1. The Morgan fingerprint density at radius 2 is 2.00 bits per heavy atom. The molecule has 0 aliphatic carbocycles. The Balaban J connectivity index is 1.70. The van der Waals surface area contributed by atoms with Gasteiger partial charge >= 0.3 is 5.97 Å². The van der Waals surface area contributed by atoms with Gasteiger partial charge < -0.3 is 9.84 Å². The van der Waals surface area contributed by atoms with E-state index in [4.69, 9.17) is 21.4 Å². The van der Waals surface area contributed by atoms with Crippen LogP contribution >= 0.6 is 11.6 Å². The number of pyridine rings is 1. The van der Waals surface area contributed by atoms with Gasteiger partial charge in [-0.1, -0.05) is 41.4 Å². The van der Waals surface area contributed by atoms with E-state index >= 15 is 0 Å². The van der Waals surface area contributed by atoms with E-state index in [1.54, 1.807) is 7.11 Å². The molecule has 2 aromatic carbocycles. The fraction of sp³-hybridized carbons (Fsp3) is 0.280. The third-order valence-electron chi connectivity index (χ3n) is 5.66. The van der Waals surface area contributed by atoms with Crippen LogP contribution in [0.2, 0.25) is 5.15 Å². The summed E-state index contributed by atoms with van der Waals surface area (Å²) in [5, 5.41) is 16.2. The highest BCUT2D eigenvalue weighted by Crippen LogP contribution is 2.38. The molecular formula is C25H24ClN3O4. The number of hydrazone groups is 1. The Bertz CT molecular complexity index is 1260. The second-order valence-corrected chi connectivity index (χ2v) is 8.41. The minimum absolute atomic E-state index is 0.0706. The number of aromatic nitrogens is 1. The van der Waals surface area contributed by atoms with E-state index in [0.717, 1.165) is 22.2 Å². The van der Waals surface area contributed by atoms with Gasteiger partial charge in [0.2, 0.25) is 5.91 Å². The number of rotatable bonds is 7. The summed E-state index contributed by atoms with van der Waals surface area (Å²) in [5.41, 5.74) is 4.21. The van der Waals surface area contributed by atoms with Crippen molar-refractivity contribution < 1.29 is 19.4 Å². The van der Waals surface area contributed by atoms with Crippen molar-refractivity contribution in [3.63, 3.8) is 0 Å². The molecule has 0 fully saturated rings. The van der Waals surface area contributed by atoms with Crippen molar-refractivity contribution in [2.75, 3.05) is 7.11 Å². The molecule has 1 aliphatic heterocycles. The number of nitrogens with zero attached hydrogens (tertiary/aromatic N) is 3. The molecule has 3 aromatic rings. The van der Waals surface area contributed by atoms with Gasteiger partial charge in [-0.05, 0) is 37.1 Å². The van der Waals surface area contributed by atoms with Crippen molar-refractivity contribution in [3.8, 4) is 5.75 Å². The summed E-state index contributed by atoms with van der Waals surface area (Å²) in [6, 6.07) is 15.0. The first kappa shape index (κ1) is 22.7. The van der Waals surface area contributed by atoms with Gasteiger partial charge in [0.15, 0.2) is 0 Å². The van der Waals surface area contributed by atoms with Crippen LogP contribution in [0.4, 0.5) is 0 Å². The fourth-order valence-corrected chi connectivity index (χ4v) is 4.26. The van der Waals surface area contributed by atoms with Crippen LogP contribution in [0.5, 0.6) is 5.75 Å². The van der Waals surface area contributed by atoms with Gasteiger partial charge in [-0.3, -0.25) is 9.59 Å². The number of benzene rings is 2. The standard InChI is InChI=1S/C25H24ClN3O4/c1-15-5-3-6-16(11-15)21-14-22(29(28-21)23(30)7-4-8-24(31)32)19-12-17-9-10-18(33-2)13-20(17)27-25(19)26/h3,5-6,9-13,22H,4,7-8,14H2,1-2H3,(H,31,32). The smallest absolute Gasteiger partial charge is 0.303 e. The number of aryl methyl sites for hydroxylation is 1. The molecule has 4 rings (SSSR count). The second-order valence-electron chi connectivity index (χ2n) is 8.05. The highest BCUT2D eigenvalue weighted by Gasteiger charge is 2.34. The molecule has 7 nitrogen and oxygen atoms in total. The van der Waals surface area contributed by atoms with Gasteiger partial charge in [-0.2, -0.15) is 5.10 Å². The van der Waals surface area contributed by atoms with Gasteiger partial charge in [-0.15, -0.1) is 0 Å². The molecule has 1 aliphatic rings. The number of carbonyl (C=O) groups excluding carboxylic acids is 1. The van der Waals surface area contributed by atoms with Gasteiger partial charge in [0.25, 0.3) is 0 Å². The Morgan fingerprint density at radius 3 is 2.73 bits per heavy atom. The van der Waals surface area contributed by atoms with E-state index in [1.165, 1.54) is 5.01 Å². The average Bonchev–Trinajstić information content (AvgIpc) is 3.23. The number of ether oxygens (including phenoxy) is 1. The van der Waals surface area contributed by atoms with Gasteiger partial charge in [0, 0.05) is 36.3 Å². The summed E-state index contributed by atoms with van der Waals surface area (Å²) in [6.45, 7) is 2.00. The molecular weight excluding hydrogens is 442 g/mol. The highest BCUT2D eigenvalue weighted by molar-refractivity contribution is 6.30. The molecule has 1 amide bonds.